The molecule has 4 aromatic rings. The fourth-order valence-electron chi connectivity index (χ4n) is 4.71. The monoisotopic (exact) mass is 443 g/mol. The first-order valence-corrected chi connectivity index (χ1v) is 11.5. The molecule has 0 atom stereocenters. The normalized spacial score (nSPS) is 13.9. The summed E-state index contributed by atoms with van der Waals surface area (Å²) in [6.45, 7) is 7.58. The van der Waals surface area contributed by atoms with Crippen molar-refractivity contribution in [1.82, 2.24) is 24.4 Å². The summed E-state index contributed by atoms with van der Waals surface area (Å²) in [5.41, 5.74) is 6.59. The summed E-state index contributed by atoms with van der Waals surface area (Å²) in [7, 11) is 0. The van der Waals surface area contributed by atoms with Crippen LogP contribution < -0.4 is 5.56 Å². The number of nitrogens with zero attached hydrogens (tertiary/aromatic N) is 5. The Kier molecular flexibility index (Phi) is 5.96. The van der Waals surface area contributed by atoms with Gasteiger partial charge in [0.15, 0.2) is 0 Å². The van der Waals surface area contributed by atoms with Crippen LogP contribution in [0, 0.1) is 13.8 Å². The van der Waals surface area contributed by atoms with E-state index in [0.717, 1.165) is 66.3 Å². The van der Waals surface area contributed by atoms with E-state index in [1.54, 1.807) is 6.20 Å². The zero-order valence-corrected chi connectivity index (χ0v) is 19.2. The topological polar surface area (TPSA) is 69.1 Å². The molecule has 5 rings (SSSR count). The maximum Gasteiger partial charge on any atom is 0.270 e. The van der Waals surface area contributed by atoms with Crippen LogP contribution in [0.4, 0.5) is 0 Å². The number of benzene rings is 1. The van der Waals surface area contributed by atoms with Gasteiger partial charge in [-0.3, -0.25) is 19.4 Å². The third-order valence-corrected chi connectivity index (χ3v) is 6.57. The Morgan fingerprint density at radius 1 is 1.00 bits per heavy atom. The van der Waals surface area contributed by atoms with Gasteiger partial charge in [0.25, 0.3) is 5.56 Å². The fourth-order valence-corrected chi connectivity index (χ4v) is 4.71. The van der Waals surface area contributed by atoms with Crippen molar-refractivity contribution in [2.45, 2.75) is 52.9 Å². The Bertz CT molecular complexity index is 1270. The molecule has 3 aromatic heterocycles. The number of aromatic nitrogens is 4. The zero-order valence-electron chi connectivity index (χ0n) is 19.2. The molecular weight excluding hydrogens is 414 g/mol. The van der Waals surface area contributed by atoms with Gasteiger partial charge in [0.1, 0.15) is 5.76 Å². The molecule has 0 N–H and O–H groups in total. The maximum atomic E-state index is 13.5. The highest BCUT2D eigenvalue weighted by Crippen LogP contribution is 2.23. The molecule has 1 aromatic carbocycles. The van der Waals surface area contributed by atoms with Gasteiger partial charge in [-0.1, -0.05) is 41.6 Å². The van der Waals surface area contributed by atoms with Crippen molar-refractivity contribution in [2.24, 2.45) is 0 Å². The van der Waals surface area contributed by atoms with E-state index in [1.807, 2.05) is 49.0 Å². The highest BCUT2D eigenvalue weighted by atomic mass is 16.5. The van der Waals surface area contributed by atoms with Crippen LogP contribution in [-0.2, 0) is 39.0 Å². The molecule has 0 unspecified atom stereocenters. The van der Waals surface area contributed by atoms with E-state index in [0.29, 0.717) is 13.1 Å². The molecule has 0 radical (unpaired) electrons. The number of fused-ring (bicyclic) bond motifs is 1. The third-order valence-electron chi connectivity index (χ3n) is 6.57. The molecule has 7 heteroatoms. The van der Waals surface area contributed by atoms with E-state index in [4.69, 9.17) is 4.52 Å². The molecular formula is C26H29N5O2. The quantitative estimate of drug-likeness (QED) is 0.437. The lowest BCUT2D eigenvalue weighted by Crippen LogP contribution is -2.32. The van der Waals surface area contributed by atoms with Gasteiger partial charge < -0.3 is 4.52 Å². The number of rotatable bonds is 7. The van der Waals surface area contributed by atoms with Gasteiger partial charge in [0, 0.05) is 49.7 Å². The average molecular weight is 444 g/mol. The molecule has 0 saturated carbocycles. The van der Waals surface area contributed by atoms with E-state index >= 15 is 0 Å². The van der Waals surface area contributed by atoms with E-state index < -0.39 is 0 Å². The Hall–Kier alpha value is -3.45. The van der Waals surface area contributed by atoms with Gasteiger partial charge in [0.05, 0.1) is 17.9 Å². The van der Waals surface area contributed by atoms with Crippen molar-refractivity contribution in [1.29, 1.82) is 0 Å². The largest absolute Gasteiger partial charge is 0.361 e. The summed E-state index contributed by atoms with van der Waals surface area (Å²) in [6, 6.07) is 14.4. The summed E-state index contributed by atoms with van der Waals surface area (Å²) < 4.78 is 9.48. The number of hydrogen-bond acceptors (Lipinski definition) is 5. The van der Waals surface area contributed by atoms with Crippen LogP contribution in [-0.4, -0.2) is 30.9 Å². The molecule has 0 bridgehead atoms. The van der Waals surface area contributed by atoms with E-state index in [2.05, 4.69) is 37.9 Å². The zero-order chi connectivity index (χ0) is 22.8. The molecule has 4 heterocycles. The Morgan fingerprint density at radius 3 is 2.55 bits per heavy atom. The summed E-state index contributed by atoms with van der Waals surface area (Å²) in [6.07, 6.45) is 5.23. The van der Waals surface area contributed by atoms with Gasteiger partial charge in [-0.05, 0) is 43.9 Å². The second kappa shape index (κ2) is 9.19. The molecule has 0 spiro atoms. The maximum absolute atomic E-state index is 13.5. The van der Waals surface area contributed by atoms with Crippen molar-refractivity contribution in [3.63, 3.8) is 0 Å². The van der Waals surface area contributed by atoms with Crippen molar-refractivity contribution in [3.05, 3.63) is 105 Å². The molecule has 1 aliphatic heterocycles. The Labute approximate surface area is 193 Å². The Morgan fingerprint density at radius 2 is 1.82 bits per heavy atom. The minimum Gasteiger partial charge on any atom is -0.361 e. The summed E-state index contributed by atoms with van der Waals surface area (Å²) in [5.74, 6) is 0.867. The smallest absolute Gasteiger partial charge is 0.270 e. The first-order valence-electron chi connectivity index (χ1n) is 11.5. The van der Waals surface area contributed by atoms with Crippen molar-refractivity contribution in [2.75, 3.05) is 6.54 Å². The lowest BCUT2D eigenvalue weighted by molar-refractivity contribution is 0.233. The highest BCUT2D eigenvalue weighted by Gasteiger charge is 2.27. The van der Waals surface area contributed by atoms with Crippen molar-refractivity contribution >= 4 is 0 Å². The molecule has 33 heavy (non-hydrogen) atoms. The van der Waals surface area contributed by atoms with Crippen LogP contribution in [0.15, 0.2) is 64.2 Å². The second-order valence-corrected chi connectivity index (χ2v) is 8.77. The third kappa shape index (κ3) is 4.41. The van der Waals surface area contributed by atoms with Crippen LogP contribution in [0.5, 0.6) is 0 Å². The van der Waals surface area contributed by atoms with Gasteiger partial charge in [-0.25, -0.2) is 4.68 Å². The predicted octanol–water partition coefficient (Wildman–Crippen LogP) is 3.50. The first kappa shape index (κ1) is 21.4. The Balaban J connectivity index is 1.47. The van der Waals surface area contributed by atoms with Crippen LogP contribution in [0.2, 0.25) is 0 Å². The average Bonchev–Trinajstić information content (AvgIpc) is 3.29. The van der Waals surface area contributed by atoms with Crippen molar-refractivity contribution in [3.8, 4) is 0 Å². The lowest BCUT2D eigenvalue weighted by atomic mass is 10.1. The van der Waals surface area contributed by atoms with Crippen LogP contribution in [0.25, 0.3) is 0 Å². The molecule has 0 aliphatic carbocycles. The molecule has 0 amide bonds. The fraction of sp³-hybridized carbons (Fsp3) is 0.346. The van der Waals surface area contributed by atoms with Gasteiger partial charge >= 0.3 is 0 Å². The van der Waals surface area contributed by atoms with Gasteiger partial charge in [0.2, 0.25) is 0 Å². The van der Waals surface area contributed by atoms with Crippen LogP contribution in [0.3, 0.4) is 0 Å². The van der Waals surface area contributed by atoms with Crippen LogP contribution in [0.1, 0.15) is 39.4 Å². The van der Waals surface area contributed by atoms with E-state index in [-0.39, 0.29) is 5.56 Å². The molecule has 0 saturated heterocycles. The molecule has 170 valence electrons. The second-order valence-electron chi connectivity index (χ2n) is 8.77. The SMILES string of the molecule is Cc1noc(C)c1CN1CCc2c(n(Cc3cccnc3)n(CCc3ccccc3)c2=O)C1. The minimum atomic E-state index is 0.141. The lowest BCUT2D eigenvalue weighted by Gasteiger charge is -2.27. The minimum absolute atomic E-state index is 0.141. The van der Waals surface area contributed by atoms with E-state index in [1.165, 1.54) is 5.56 Å². The number of hydrogen-bond donors (Lipinski definition) is 0. The molecule has 1 aliphatic rings. The number of aryl methyl sites for hydroxylation is 3. The predicted molar refractivity (Wildman–Crippen MR) is 126 cm³/mol. The van der Waals surface area contributed by atoms with Crippen LogP contribution >= 0.6 is 0 Å². The standard InChI is InChI=1S/C26H29N5O2/c1-19-24(20(2)33-28-19)17-29-13-11-23-25(18-29)31(16-22-9-6-12-27-15-22)30(26(23)32)14-10-21-7-4-3-5-8-21/h3-9,12,15H,10-11,13-14,16-18H2,1-2H3. The molecule has 7 nitrogen and oxygen atoms in total. The van der Waals surface area contributed by atoms with Gasteiger partial charge in [-0.15, -0.1) is 0 Å². The summed E-state index contributed by atoms with van der Waals surface area (Å²) in [5, 5.41) is 4.10. The summed E-state index contributed by atoms with van der Waals surface area (Å²) >= 11 is 0. The summed E-state index contributed by atoms with van der Waals surface area (Å²) in [4.78, 5) is 20.1. The number of pyridine rings is 1. The van der Waals surface area contributed by atoms with E-state index in [9.17, 15) is 4.79 Å². The highest BCUT2D eigenvalue weighted by molar-refractivity contribution is 5.26. The first-order chi connectivity index (χ1) is 16.1. The van der Waals surface area contributed by atoms with Gasteiger partial charge in [-0.2, -0.15) is 0 Å². The van der Waals surface area contributed by atoms with Crippen molar-refractivity contribution < 1.29 is 4.52 Å². The molecule has 0 fully saturated rings.